The minimum Gasteiger partial charge on any atom is -0.496 e. The molecular formula is C27H28ClNO5. The number of para-hydroxylation sites is 1. The fourth-order valence-corrected chi connectivity index (χ4v) is 4.94. The Labute approximate surface area is 204 Å². The summed E-state index contributed by atoms with van der Waals surface area (Å²) < 4.78 is 16.0. The van der Waals surface area contributed by atoms with Gasteiger partial charge < -0.3 is 19.5 Å². The van der Waals surface area contributed by atoms with Crippen LogP contribution in [0.3, 0.4) is 0 Å². The number of rotatable bonds is 7. The minimum absolute atomic E-state index is 0.000650. The molecule has 4 rings (SSSR count). The number of hydrogen-bond donors (Lipinski definition) is 1. The van der Waals surface area contributed by atoms with Crippen LogP contribution in [0.5, 0.6) is 5.75 Å². The van der Waals surface area contributed by atoms with E-state index in [4.69, 9.17) is 25.8 Å². The summed E-state index contributed by atoms with van der Waals surface area (Å²) in [6.07, 6.45) is 0.963. The van der Waals surface area contributed by atoms with E-state index in [1.165, 1.54) is 0 Å². The van der Waals surface area contributed by atoms with E-state index >= 15 is 0 Å². The number of ether oxygens (including phenoxy) is 3. The number of methoxy groups -OCH3 is 2. The first kappa shape index (κ1) is 24.0. The Kier molecular flexibility index (Phi) is 7.39. The Morgan fingerprint density at radius 1 is 1.06 bits per heavy atom. The molecule has 0 unspecified atom stereocenters. The molecule has 34 heavy (non-hydrogen) atoms. The molecule has 0 saturated heterocycles. The molecule has 1 aliphatic carbocycles. The summed E-state index contributed by atoms with van der Waals surface area (Å²) in [6, 6.07) is 15.0. The summed E-state index contributed by atoms with van der Waals surface area (Å²) in [7, 11) is 3.19. The van der Waals surface area contributed by atoms with Crippen molar-refractivity contribution in [2.75, 3.05) is 27.4 Å². The molecule has 1 heterocycles. The highest BCUT2D eigenvalue weighted by atomic mass is 35.5. The van der Waals surface area contributed by atoms with Gasteiger partial charge in [0.1, 0.15) is 12.4 Å². The van der Waals surface area contributed by atoms with Gasteiger partial charge >= 0.3 is 5.97 Å². The summed E-state index contributed by atoms with van der Waals surface area (Å²) in [5, 5.41) is 3.94. The average molecular weight is 482 g/mol. The molecule has 0 saturated carbocycles. The standard InChI is InChI=1S/C27H28ClNO5/c1-16-24(27(31)34-13-12-32-2)25(17-8-10-19(28)11-9-17)26-21(29-16)14-18(15-22(26)30)20-6-4-5-7-23(20)33-3/h4-11,18,25,29H,12-15H2,1-3H3/t18-,25-/m1/s1. The van der Waals surface area contributed by atoms with Crippen molar-refractivity contribution in [1.82, 2.24) is 5.32 Å². The number of ketones is 1. The van der Waals surface area contributed by atoms with Gasteiger partial charge in [0.2, 0.25) is 0 Å². The van der Waals surface area contributed by atoms with E-state index in [-0.39, 0.29) is 18.3 Å². The predicted octanol–water partition coefficient (Wildman–Crippen LogP) is 4.90. The summed E-state index contributed by atoms with van der Waals surface area (Å²) >= 11 is 6.12. The van der Waals surface area contributed by atoms with Gasteiger partial charge in [0.25, 0.3) is 0 Å². The highest BCUT2D eigenvalue weighted by Gasteiger charge is 2.41. The van der Waals surface area contributed by atoms with Crippen LogP contribution in [0.2, 0.25) is 5.02 Å². The first-order valence-corrected chi connectivity index (χ1v) is 11.6. The lowest BCUT2D eigenvalue weighted by Crippen LogP contribution is -2.36. The third kappa shape index (κ3) is 4.74. The van der Waals surface area contributed by atoms with Gasteiger partial charge in [-0.1, -0.05) is 41.9 Å². The van der Waals surface area contributed by atoms with E-state index in [0.29, 0.717) is 41.3 Å². The average Bonchev–Trinajstić information content (AvgIpc) is 2.83. The molecular weight excluding hydrogens is 454 g/mol. The molecule has 6 nitrogen and oxygen atoms in total. The van der Waals surface area contributed by atoms with Gasteiger partial charge in [-0.3, -0.25) is 4.79 Å². The zero-order valence-corrected chi connectivity index (χ0v) is 20.3. The molecule has 1 aliphatic heterocycles. The molecule has 0 aromatic heterocycles. The maximum absolute atomic E-state index is 13.6. The maximum atomic E-state index is 13.6. The lowest BCUT2D eigenvalue weighted by Gasteiger charge is -2.37. The largest absolute Gasteiger partial charge is 0.496 e. The van der Waals surface area contributed by atoms with Crippen LogP contribution in [-0.2, 0) is 19.1 Å². The number of benzene rings is 2. The normalized spacial score (nSPS) is 20.1. The van der Waals surface area contributed by atoms with Gasteiger partial charge in [0.05, 0.1) is 19.3 Å². The van der Waals surface area contributed by atoms with Crippen molar-refractivity contribution in [3.63, 3.8) is 0 Å². The van der Waals surface area contributed by atoms with Crippen LogP contribution < -0.4 is 10.1 Å². The molecule has 0 radical (unpaired) electrons. The number of carbonyl (C=O) groups excluding carboxylic acids is 2. The highest BCUT2D eigenvalue weighted by molar-refractivity contribution is 6.30. The van der Waals surface area contributed by atoms with Crippen molar-refractivity contribution < 1.29 is 23.8 Å². The van der Waals surface area contributed by atoms with Gasteiger partial charge in [0.15, 0.2) is 5.78 Å². The Morgan fingerprint density at radius 2 is 1.79 bits per heavy atom. The lowest BCUT2D eigenvalue weighted by molar-refractivity contribution is -0.140. The summed E-state index contributed by atoms with van der Waals surface area (Å²) in [5.74, 6) is -0.255. The monoisotopic (exact) mass is 481 g/mol. The van der Waals surface area contributed by atoms with Crippen molar-refractivity contribution in [3.8, 4) is 5.75 Å². The number of dihydropyridines is 1. The van der Waals surface area contributed by atoms with Gasteiger partial charge in [0, 0.05) is 47.4 Å². The van der Waals surface area contributed by atoms with Gasteiger partial charge in [-0.25, -0.2) is 4.79 Å². The fraction of sp³-hybridized carbons (Fsp3) is 0.333. The number of allylic oxidation sites excluding steroid dienone is 3. The SMILES string of the molecule is COCCOC(=O)C1=C(C)NC2=C(C(=O)C[C@H](c3ccccc3OC)C2)[C@@H]1c1ccc(Cl)cc1. The van der Waals surface area contributed by atoms with Gasteiger partial charge in [-0.2, -0.15) is 0 Å². The van der Waals surface area contributed by atoms with Crippen LogP contribution >= 0.6 is 11.6 Å². The highest BCUT2D eigenvalue weighted by Crippen LogP contribution is 2.47. The molecule has 0 bridgehead atoms. The van der Waals surface area contributed by atoms with Crippen LogP contribution in [0.25, 0.3) is 0 Å². The van der Waals surface area contributed by atoms with Crippen molar-refractivity contribution in [1.29, 1.82) is 0 Å². The molecule has 2 atom stereocenters. The number of Topliss-reactive ketones (excluding diaryl/α,β-unsaturated/α-hetero) is 1. The Morgan fingerprint density at radius 3 is 2.50 bits per heavy atom. The second kappa shape index (κ2) is 10.5. The van der Waals surface area contributed by atoms with E-state index in [0.717, 1.165) is 22.6 Å². The maximum Gasteiger partial charge on any atom is 0.336 e. The van der Waals surface area contributed by atoms with E-state index in [1.54, 1.807) is 26.4 Å². The number of carbonyl (C=O) groups is 2. The zero-order valence-electron chi connectivity index (χ0n) is 19.5. The first-order chi connectivity index (χ1) is 16.4. The number of nitrogens with one attached hydrogen (secondary N) is 1. The van der Waals surface area contributed by atoms with Crippen LogP contribution in [0, 0.1) is 0 Å². The second-order valence-electron chi connectivity index (χ2n) is 8.44. The fourth-order valence-electron chi connectivity index (χ4n) is 4.82. The Balaban J connectivity index is 1.75. The molecule has 0 fully saturated rings. The van der Waals surface area contributed by atoms with E-state index in [9.17, 15) is 9.59 Å². The van der Waals surface area contributed by atoms with Gasteiger partial charge in [-0.05, 0) is 42.7 Å². The summed E-state index contributed by atoms with van der Waals surface area (Å²) in [6.45, 7) is 2.27. The topological polar surface area (TPSA) is 73.9 Å². The third-order valence-corrected chi connectivity index (χ3v) is 6.60. The summed E-state index contributed by atoms with van der Waals surface area (Å²) in [4.78, 5) is 26.8. The first-order valence-electron chi connectivity index (χ1n) is 11.2. The van der Waals surface area contributed by atoms with Crippen LogP contribution in [-0.4, -0.2) is 39.2 Å². The van der Waals surface area contributed by atoms with Crippen LogP contribution in [0.1, 0.15) is 42.7 Å². The van der Waals surface area contributed by atoms with Gasteiger partial charge in [-0.15, -0.1) is 0 Å². The molecule has 2 aliphatic rings. The van der Waals surface area contributed by atoms with Crippen molar-refractivity contribution >= 4 is 23.4 Å². The minimum atomic E-state index is -0.533. The Hall–Kier alpha value is -3.09. The van der Waals surface area contributed by atoms with E-state index < -0.39 is 11.9 Å². The van der Waals surface area contributed by atoms with E-state index in [2.05, 4.69) is 5.32 Å². The number of halogens is 1. The third-order valence-electron chi connectivity index (χ3n) is 6.35. The van der Waals surface area contributed by atoms with Crippen LogP contribution in [0.15, 0.2) is 71.1 Å². The van der Waals surface area contributed by atoms with Crippen molar-refractivity contribution in [2.24, 2.45) is 0 Å². The Bertz CT molecular complexity index is 1150. The number of esters is 1. The molecule has 1 N–H and O–H groups in total. The van der Waals surface area contributed by atoms with Crippen molar-refractivity contribution in [2.45, 2.75) is 31.6 Å². The lowest BCUT2D eigenvalue weighted by atomic mass is 9.71. The van der Waals surface area contributed by atoms with Crippen LogP contribution in [0.4, 0.5) is 0 Å². The molecule has 7 heteroatoms. The quantitative estimate of drug-likeness (QED) is 0.448. The zero-order chi connectivity index (χ0) is 24.2. The molecule has 2 aromatic carbocycles. The van der Waals surface area contributed by atoms with E-state index in [1.807, 2.05) is 43.3 Å². The summed E-state index contributed by atoms with van der Waals surface area (Å²) in [5.41, 5.74) is 4.37. The molecule has 0 spiro atoms. The molecule has 2 aromatic rings. The smallest absolute Gasteiger partial charge is 0.336 e. The molecule has 0 amide bonds. The van der Waals surface area contributed by atoms with Crippen molar-refractivity contribution in [3.05, 3.63) is 87.2 Å². The molecule has 178 valence electrons. The number of hydrogen-bond acceptors (Lipinski definition) is 6. The second-order valence-corrected chi connectivity index (χ2v) is 8.88. The predicted molar refractivity (Wildman–Crippen MR) is 130 cm³/mol.